The zero-order chi connectivity index (χ0) is 13.3. The molecule has 0 atom stereocenters. The molecule has 0 aliphatic heterocycles. The summed E-state index contributed by atoms with van der Waals surface area (Å²) in [6.07, 6.45) is 0. The second-order valence-corrected chi connectivity index (χ2v) is 4.19. The highest BCUT2D eigenvalue weighted by molar-refractivity contribution is 6.04. The summed E-state index contributed by atoms with van der Waals surface area (Å²) < 4.78 is 15.3. The Bertz CT molecular complexity index is 604. The van der Waals surface area contributed by atoms with Gasteiger partial charge in [0.25, 0.3) is 5.91 Å². The first-order valence-electron chi connectivity index (χ1n) is 5.56. The van der Waals surface area contributed by atoms with Crippen molar-refractivity contribution in [3.63, 3.8) is 0 Å². The second kappa shape index (κ2) is 4.60. The fourth-order valence-corrected chi connectivity index (χ4v) is 1.73. The molecule has 1 N–H and O–H groups in total. The van der Waals surface area contributed by atoms with Crippen molar-refractivity contribution in [2.75, 3.05) is 5.32 Å². The number of aromatic nitrogens is 2. The third kappa shape index (κ3) is 2.25. The SMILES string of the molecule is Cc1cc(NC(=O)c2cccc(C)c2F)n(C)n1. The second-order valence-electron chi connectivity index (χ2n) is 4.19. The highest BCUT2D eigenvalue weighted by Crippen LogP contribution is 2.15. The van der Waals surface area contributed by atoms with Crippen molar-refractivity contribution in [2.24, 2.45) is 7.05 Å². The number of nitrogens with one attached hydrogen (secondary N) is 1. The minimum absolute atomic E-state index is 0.0360. The molecule has 0 saturated carbocycles. The number of amides is 1. The molecular formula is C13H14FN3O. The Balaban J connectivity index is 2.27. The van der Waals surface area contributed by atoms with E-state index in [0.29, 0.717) is 11.4 Å². The molecule has 2 rings (SSSR count). The Morgan fingerprint density at radius 1 is 1.39 bits per heavy atom. The van der Waals surface area contributed by atoms with E-state index in [9.17, 15) is 9.18 Å². The van der Waals surface area contributed by atoms with Gasteiger partial charge in [-0.05, 0) is 25.5 Å². The van der Waals surface area contributed by atoms with Gasteiger partial charge in [0.2, 0.25) is 0 Å². The summed E-state index contributed by atoms with van der Waals surface area (Å²) in [4.78, 5) is 12.0. The molecule has 4 nitrogen and oxygen atoms in total. The molecule has 5 heteroatoms. The minimum Gasteiger partial charge on any atom is -0.307 e. The third-order valence-electron chi connectivity index (χ3n) is 2.68. The number of nitrogens with zero attached hydrogens (tertiary/aromatic N) is 2. The van der Waals surface area contributed by atoms with E-state index >= 15 is 0 Å². The Kier molecular flexibility index (Phi) is 3.14. The molecule has 2 aromatic rings. The number of hydrogen-bond donors (Lipinski definition) is 1. The van der Waals surface area contributed by atoms with Crippen molar-refractivity contribution in [1.82, 2.24) is 9.78 Å². The van der Waals surface area contributed by atoms with Crippen LogP contribution in [-0.4, -0.2) is 15.7 Å². The average molecular weight is 247 g/mol. The molecule has 0 fully saturated rings. The molecular weight excluding hydrogens is 233 g/mol. The van der Waals surface area contributed by atoms with Gasteiger partial charge in [0.15, 0.2) is 0 Å². The summed E-state index contributed by atoms with van der Waals surface area (Å²) in [5.41, 5.74) is 1.27. The van der Waals surface area contributed by atoms with Crippen LogP contribution in [-0.2, 0) is 7.05 Å². The molecule has 18 heavy (non-hydrogen) atoms. The normalized spacial score (nSPS) is 10.4. The third-order valence-corrected chi connectivity index (χ3v) is 2.68. The van der Waals surface area contributed by atoms with E-state index in [4.69, 9.17) is 0 Å². The molecule has 0 saturated heterocycles. The lowest BCUT2D eigenvalue weighted by atomic mass is 10.1. The summed E-state index contributed by atoms with van der Waals surface area (Å²) in [6, 6.07) is 6.47. The predicted octanol–water partition coefficient (Wildman–Crippen LogP) is 2.43. The van der Waals surface area contributed by atoms with E-state index in [1.165, 1.54) is 6.07 Å². The van der Waals surface area contributed by atoms with Crippen LogP contribution >= 0.6 is 0 Å². The number of rotatable bonds is 2. The first-order chi connectivity index (χ1) is 8.49. The summed E-state index contributed by atoms with van der Waals surface area (Å²) in [5.74, 6) is -0.425. The molecule has 1 aromatic carbocycles. The van der Waals surface area contributed by atoms with Crippen LogP contribution in [0.25, 0.3) is 0 Å². The maximum absolute atomic E-state index is 13.8. The summed E-state index contributed by atoms with van der Waals surface area (Å²) >= 11 is 0. The van der Waals surface area contributed by atoms with Crippen molar-refractivity contribution in [1.29, 1.82) is 0 Å². The number of benzene rings is 1. The number of hydrogen-bond acceptors (Lipinski definition) is 2. The van der Waals surface area contributed by atoms with E-state index in [1.54, 1.807) is 36.9 Å². The molecule has 0 aliphatic rings. The van der Waals surface area contributed by atoms with Crippen molar-refractivity contribution in [2.45, 2.75) is 13.8 Å². The lowest BCUT2D eigenvalue weighted by molar-refractivity contribution is 0.102. The molecule has 0 radical (unpaired) electrons. The minimum atomic E-state index is -0.492. The number of carbonyl (C=O) groups is 1. The monoisotopic (exact) mass is 247 g/mol. The molecule has 0 aliphatic carbocycles. The maximum Gasteiger partial charge on any atom is 0.259 e. The van der Waals surface area contributed by atoms with E-state index in [0.717, 1.165) is 5.69 Å². The molecule has 1 amide bonds. The summed E-state index contributed by atoms with van der Waals surface area (Å²) in [6.45, 7) is 3.45. The Hall–Kier alpha value is -2.17. The van der Waals surface area contributed by atoms with Gasteiger partial charge in [-0.15, -0.1) is 0 Å². The van der Waals surface area contributed by atoms with Gasteiger partial charge in [-0.1, -0.05) is 12.1 Å². The molecule has 1 heterocycles. The van der Waals surface area contributed by atoms with Crippen LogP contribution in [0.3, 0.4) is 0 Å². The fraction of sp³-hybridized carbons (Fsp3) is 0.231. The van der Waals surface area contributed by atoms with Crippen LogP contribution in [0.15, 0.2) is 24.3 Å². The van der Waals surface area contributed by atoms with Crippen LogP contribution in [0.5, 0.6) is 0 Å². The molecule has 0 spiro atoms. The number of aryl methyl sites for hydroxylation is 3. The van der Waals surface area contributed by atoms with Gasteiger partial charge in [-0.2, -0.15) is 5.10 Å². The quantitative estimate of drug-likeness (QED) is 0.886. The molecule has 94 valence electrons. The van der Waals surface area contributed by atoms with Crippen LogP contribution in [0, 0.1) is 19.7 Å². The van der Waals surface area contributed by atoms with Gasteiger partial charge in [-0.3, -0.25) is 9.48 Å². The van der Waals surface area contributed by atoms with Gasteiger partial charge in [-0.25, -0.2) is 4.39 Å². The van der Waals surface area contributed by atoms with Gasteiger partial charge in [0.05, 0.1) is 11.3 Å². The van der Waals surface area contributed by atoms with E-state index in [1.807, 2.05) is 6.92 Å². The Morgan fingerprint density at radius 2 is 2.11 bits per heavy atom. The lowest BCUT2D eigenvalue weighted by Crippen LogP contribution is -2.16. The lowest BCUT2D eigenvalue weighted by Gasteiger charge is -2.07. The zero-order valence-electron chi connectivity index (χ0n) is 10.5. The van der Waals surface area contributed by atoms with Gasteiger partial charge in [0.1, 0.15) is 11.6 Å². The van der Waals surface area contributed by atoms with Crippen molar-refractivity contribution >= 4 is 11.7 Å². The van der Waals surface area contributed by atoms with E-state index < -0.39 is 11.7 Å². The van der Waals surface area contributed by atoms with Gasteiger partial charge in [0, 0.05) is 13.1 Å². The highest BCUT2D eigenvalue weighted by Gasteiger charge is 2.14. The largest absolute Gasteiger partial charge is 0.307 e. The van der Waals surface area contributed by atoms with Crippen LogP contribution in [0.2, 0.25) is 0 Å². The van der Waals surface area contributed by atoms with Gasteiger partial charge >= 0.3 is 0 Å². The van der Waals surface area contributed by atoms with Crippen LogP contribution in [0.1, 0.15) is 21.6 Å². The van der Waals surface area contributed by atoms with E-state index in [2.05, 4.69) is 10.4 Å². The standard InChI is InChI=1S/C13H14FN3O/c1-8-5-4-6-10(12(8)14)13(18)15-11-7-9(2)16-17(11)3/h4-7H,1-3H3,(H,15,18). The number of anilines is 1. The smallest absolute Gasteiger partial charge is 0.259 e. The van der Waals surface area contributed by atoms with Crippen LogP contribution < -0.4 is 5.32 Å². The predicted molar refractivity (Wildman–Crippen MR) is 67.0 cm³/mol. The molecule has 0 bridgehead atoms. The summed E-state index contributed by atoms with van der Waals surface area (Å²) in [7, 11) is 1.72. The first kappa shape index (κ1) is 12.3. The fourth-order valence-electron chi connectivity index (χ4n) is 1.73. The van der Waals surface area contributed by atoms with Crippen molar-refractivity contribution in [3.8, 4) is 0 Å². The van der Waals surface area contributed by atoms with Crippen molar-refractivity contribution < 1.29 is 9.18 Å². The van der Waals surface area contributed by atoms with E-state index in [-0.39, 0.29) is 5.56 Å². The maximum atomic E-state index is 13.8. The van der Waals surface area contributed by atoms with Crippen LogP contribution in [0.4, 0.5) is 10.2 Å². The summed E-state index contributed by atoms with van der Waals surface area (Å²) in [5, 5.41) is 6.74. The zero-order valence-corrected chi connectivity index (χ0v) is 10.5. The van der Waals surface area contributed by atoms with Gasteiger partial charge < -0.3 is 5.32 Å². The first-order valence-corrected chi connectivity index (χ1v) is 5.56. The Labute approximate surface area is 104 Å². The number of carbonyl (C=O) groups excluding carboxylic acids is 1. The molecule has 0 unspecified atom stereocenters. The number of halogens is 1. The topological polar surface area (TPSA) is 46.9 Å². The average Bonchev–Trinajstić information content (AvgIpc) is 2.61. The Morgan fingerprint density at radius 3 is 2.72 bits per heavy atom. The van der Waals surface area contributed by atoms with Crippen molar-refractivity contribution in [3.05, 3.63) is 46.9 Å². The molecule has 1 aromatic heterocycles. The highest BCUT2D eigenvalue weighted by atomic mass is 19.1.